The Bertz CT molecular complexity index is 302. The number of aromatic nitrogens is 1. The van der Waals surface area contributed by atoms with E-state index in [2.05, 4.69) is 4.98 Å². The summed E-state index contributed by atoms with van der Waals surface area (Å²) >= 11 is 0. The van der Waals surface area contributed by atoms with E-state index in [1.54, 1.807) is 0 Å². The smallest absolute Gasteiger partial charge is 0.236 e. The predicted octanol–water partition coefficient (Wildman–Crippen LogP) is 1.82. The Kier molecular flexibility index (Phi) is 2.63. The van der Waals surface area contributed by atoms with Crippen molar-refractivity contribution in [3.63, 3.8) is 0 Å². The molecule has 0 amide bonds. The van der Waals surface area contributed by atoms with Crippen LogP contribution in [0.4, 0.5) is 0 Å². The Morgan fingerprint density at radius 2 is 2.50 bits per heavy atom. The fraction of sp³-hybridized carbons (Fsp3) is 0.250. The second-order valence-corrected chi connectivity index (χ2v) is 2.42. The normalized spacial score (nSPS) is 10.8. The van der Waals surface area contributed by atoms with Crippen LogP contribution in [0.25, 0.3) is 6.08 Å². The number of hydrogen-bond donors (Lipinski definition) is 1. The average Bonchev–Trinajstić information content (AvgIpc) is 2.48. The Balaban J connectivity index is 2.70. The second-order valence-electron chi connectivity index (χ2n) is 2.42. The third-order valence-electron chi connectivity index (χ3n) is 1.55. The highest BCUT2D eigenvalue weighted by molar-refractivity contribution is 5.44. The first-order chi connectivity index (χ1) is 5.72. The molecule has 1 heterocycles. The van der Waals surface area contributed by atoms with Crippen LogP contribution in [-0.2, 0) is 6.42 Å². The molecule has 64 valence electrons. The lowest BCUT2D eigenvalue weighted by molar-refractivity contribution is -0.401. The van der Waals surface area contributed by atoms with Crippen molar-refractivity contribution in [2.45, 2.75) is 13.3 Å². The summed E-state index contributed by atoms with van der Waals surface area (Å²) in [5.41, 5.74) is 1.92. The van der Waals surface area contributed by atoms with E-state index in [-0.39, 0.29) is 0 Å². The van der Waals surface area contributed by atoms with E-state index in [4.69, 9.17) is 0 Å². The molecule has 4 heteroatoms. The highest BCUT2D eigenvalue weighted by Crippen LogP contribution is 2.05. The van der Waals surface area contributed by atoms with Crippen molar-refractivity contribution in [3.05, 3.63) is 39.8 Å². The number of aryl methyl sites for hydroxylation is 1. The van der Waals surface area contributed by atoms with E-state index in [0.29, 0.717) is 0 Å². The van der Waals surface area contributed by atoms with Gasteiger partial charge in [-0.25, -0.2) is 0 Å². The van der Waals surface area contributed by atoms with Gasteiger partial charge >= 0.3 is 0 Å². The van der Waals surface area contributed by atoms with Crippen molar-refractivity contribution in [1.82, 2.24) is 4.98 Å². The van der Waals surface area contributed by atoms with Gasteiger partial charge in [0.05, 0.1) is 4.92 Å². The number of H-pyrrole nitrogens is 1. The van der Waals surface area contributed by atoms with Gasteiger partial charge in [-0.1, -0.05) is 6.92 Å². The van der Waals surface area contributed by atoms with Crippen LogP contribution < -0.4 is 0 Å². The van der Waals surface area contributed by atoms with Gasteiger partial charge in [0.1, 0.15) is 0 Å². The standard InChI is InChI=1S/C8H10N2O2/c1-2-7-5-8(9-6-7)3-4-10(11)12/h3-6,9H,2H2,1H3/b4-3+. The van der Waals surface area contributed by atoms with E-state index in [1.165, 1.54) is 6.08 Å². The molecular weight excluding hydrogens is 156 g/mol. The maximum atomic E-state index is 9.95. The van der Waals surface area contributed by atoms with E-state index < -0.39 is 4.92 Å². The number of hydrogen-bond acceptors (Lipinski definition) is 2. The number of nitrogens with zero attached hydrogens (tertiary/aromatic N) is 1. The molecule has 1 N–H and O–H groups in total. The van der Waals surface area contributed by atoms with E-state index in [9.17, 15) is 10.1 Å². The van der Waals surface area contributed by atoms with Crippen LogP contribution in [0.1, 0.15) is 18.2 Å². The highest BCUT2D eigenvalue weighted by atomic mass is 16.6. The molecule has 1 aromatic heterocycles. The summed E-state index contributed by atoms with van der Waals surface area (Å²) in [6, 6.07) is 1.89. The summed E-state index contributed by atoms with van der Waals surface area (Å²) in [6.45, 7) is 2.03. The lowest BCUT2D eigenvalue weighted by atomic mass is 10.2. The van der Waals surface area contributed by atoms with Crippen molar-refractivity contribution < 1.29 is 4.92 Å². The van der Waals surface area contributed by atoms with E-state index in [0.717, 1.165) is 23.9 Å². The van der Waals surface area contributed by atoms with Crippen molar-refractivity contribution in [2.24, 2.45) is 0 Å². The zero-order valence-corrected chi connectivity index (χ0v) is 6.78. The first kappa shape index (κ1) is 8.52. The van der Waals surface area contributed by atoms with Crippen molar-refractivity contribution in [1.29, 1.82) is 0 Å². The summed E-state index contributed by atoms with van der Waals surface area (Å²) < 4.78 is 0. The fourth-order valence-electron chi connectivity index (χ4n) is 0.901. The highest BCUT2D eigenvalue weighted by Gasteiger charge is 1.94. The molecule has 0 aromatic carbocycles. The third-order valence-corrected chi connectivity index (χ3v) is 1.55. The summed E-state index contributed by atoms with van der Waals surface area (Å²) in [5.74, 6) is 0. The lowest BCUT2D eigenvalue weighted by Crippen LogP contribution is -1.81. The molecule has 0 radical (unpaired) electrons. The molecule has 1 rings (SSSR count). The largest absolute Gasteiger partial charge is 0.361 e. The predicted molar refractivity (Wildman–Crippen MR) is 46.2 cm³/mol. The van der Waals surface area contributed by atoms with Gasteiger partial charge in [0.15, 0.2) is 0 Å². The Hall–Kier alpha value is -1.58. The van der Waals surface area contributed by atoms with Crippen LogP contribution in [0.3, 0.4) is 0 Å². The number of aromatic amines is 1. The molecular formula is C8H10N2O2. The molecule has 0 spiro atoms. The van der Waals surface area contributed by atoms with Crippen molar-refractivity contribution >= 4 is 6.08 Å². The molecule has 1 aromatic rings. The third kappa shape index (κ3) is 2.23. The van der Waals surface area contributed by atoms with Crippen molar-refractivity contribution in [3.8, 4) is 0 Å². The number of nitro groups is 1. The van der Waals surface area contributed by atoms with Gasteiger partial charge in [0, 0.05) is 18.0 Å². The monoisotopic (exact) mass is 166 g/mol. The maximum absolute atomic E-state index is 9.95. The minimum Gasteiger partial charge on any atom is -0.361 e. The minimum atomic E-state index is -0.480. The molecule has 12 heavy (non-hydrogen) atoms. The zero-order valence-electron chi connectivity index (χ0n) is 6.78. The van der Waals surface area contributed by atoms with Crippen LogP contribution in [0.5, 0.6) is 0 Å². The molecule has 0 aliphatic carbocycles. The molecule has 0 atom stereocenters. The van der Waals surface area contributed by atoms with Crippen LogP contribution in [0, 0.1) is 10.1 Å². The zero-order chi connectivity index (χ0) is 8.97. The molecule has 0 saturated heterocycles. The summed E-state index contributed by atoms with van der Waals surface area (Å²) in [5, 5.41) is 9.95. The van der Waals surface area contributed by atoms with Gasteiger partial charge in [-0.05, 0) is 18.1 Å². The molecule has 4 nitrogen and oxygen atoms in total. The van der Waals surface area contributed by atoms with Gasteiger partial charge < -0.3 is 4.98 Å². The molecule has 0 fully saturated rings. The van der Waals surface area contributed by atoms with Crippen LogP contribution in [0.15, 0.2) is 18.5 Å². The van der Waals surface area contributed by atoms with Gasteiger partial charge in [0.2, 0.25) is 6.20 Å². The quantitative estimate of drug-likeness (QED) is 0.550. The Morgan fingerprint density at radius 3 is 3.00 bits per heavy atom. The van der Waals surface area contributed by atoms with Gasteiger partial charge in [-0.3, -0.25) is 10.1 Å². The first-order valence-corrected chi connectivity index (χ1v) is 3.71. The summed E-state index contributed by atoms with van der Waals surface area (Å²) in [4.78, 5) is 12.4. The second kappa shape index (κ2) is 3.71. The average molecular weight is 166 g/mol. The first-order valence-electron chi connectivity index (χ1n) is 3.71. The Morgan fingerprint density at radius 1 is 1.75 bits per heavy atom. The van der Waals surface area contributed by atoms with Crippen LogP contribution >= 0.6 is 0 Å². The van der Waals surface area contributed by atoms with Crippen LogP contribution in [-0.4, -0.2) is 9.91 Å². The minimum absolute atomic E-state index is 0.480. The van der Waals surface area contributed by atoms with Crippen molar-refractivity contribution in [2.75, 3.05) is 0 Å². The molecule has 0 unspecified atom stereocenters. The topological polar surface area (TPSA) is 58.9 Å². The summed E-state index contributed by atoms with van der Waals surface area (Å²) in [6.07, 6.45) is 5.15. The number of rotatable bonds is 3. The summed E-state index contributed by atoms with van der Waals surface area (Å²) in [7, 11) is 0. The lowest BCUT2D eigenvalue weighted by Gasteiger charge is -1.81. The maximum Gasteiger partial charge on any atom is 0.236 e. The molecule has 0 aliphatic rings. The van der Waals surface area contributed by atoms with E-state index in [1.807, 2.05) is 19.2 Å². The molecule has 0 bridgehead atoms. The molecule has 0 aliphatic heterocycles. The van der Waals surface area contributed by atoms with Gasteiger partial charge in [-0.2, -0.15) is 0 Å². The fourth-order valence-corrected chi connectivity index (χ4v) is 0.901. The van der Waals surface area contributed by atoms with Gasteiger partial charge in [-0.15, -0.1) is 0 Å². The SMILES string of the molecule is CCc1c[nH]c(/C=C/[N+](=O)[O-])c1. The molecule has 0 saturated carbocycles. The Labute approximate surface area is 70.1 Å². The van der Waals surface area contributed by atoms with Gasteiger partial charge in [0.25, 0.3) is 0 Å². The van der Waals surface area contributed by atoms with E-state index >= 15 is 0 Å². The number of nitrogens with one attached hydrogen (secondary N) is 1. The van der Waals surface area contributed by atoms with Crippen LogP contribution in [0.2, 0.25) is 0 Å².